The minimum absolute atomic E-state index is 0.0275. The summed E-state index contributed by atoms with van der Waals surface area (Å²) in [5, 5.41) is 2.58. The van der Waals surface area contributed by atoms with Crippen LogP contribution in [0, 0.1) is 5.82 Å². The normalized spacial score (nSPS) is 11.9. The Kier molecular flexibility index (Phi) is 5.94. The monoisotopic (exact) mass is 382 g/mol. The predicted molar refractivity (Wildman–Crippen MR) is 96.4 cm³/mol. The molecule has 2 aromatic rings. The molecule has 2 rings (SSSR count). The van der Waals surface area contributed by atoms with Crippen LogP contribution in [0.2, 0.25) is 5.02 Å². The fraction of sp³-hybridized carbons (Fsp3) is 0.118. The number of carbonyl (C=O) groups excluding carboxylic acids is 1. The zero-order valence-corrected chi connectivity index (χ0v) is 15.1. The quantitative estimate of drug-likeness (QED) is 0.806. The molecular weight excluding hydrogens is 367 g/mol. The molecule has 0 saturated carbocycles. The molecule has 0 aliphatic heterocycles. The summed E-state index contributed by atoms with van der Waals surface area (Å²) in [6, 6.07) is 9.92. The molecule has 2 aromatic carbocycles. The highest BCUT2D eigenvalue weighted by atomic mass is 35.5. The number of halogens is 2. The van der Waals surface area contributed by atoms with E-state index in [1.165, 1.54) is 68.7 Å². The maximum Gasteiger partial charge on any atom is 0.248 e. The van der Waals surface area contributed by atoms with Crippen molar-refractivity contribution in [3.05, 3.63) is 64.9 Å². The maximum absolute atomic E-state index is 13.1. The Hall–Kier alpha value is -2.22. The van der Waals surface area contributed by atoms with Crippen molar-refractivity contribution >= 4 is 39.3 Å². The molecule has 0 atom stereocenters. The molecule has 0 fully saturated rings. The first-order chi connectivity index (χ1) is 11.7. The van der Waals surface area contributed by atoms with E-state index in [2.05, 4.69) is 5.32 Å². The molecule has 132 valence electrons. The Bertz CT molecular complexity index is 910. The van der Waals surface area contributed by atoms with Gasteiger partial charge in [0.1, 0.15) is 5.82 Å². The number of hydrogen-bond donors (Lipinski definition) is 1. The first-order valence-electron chi connectivity index (χ1n) is 7.17. The van der Waals surface area contributed by atoms with Crippen molar-refractivity contribution in [3.63, 3.8) is 0 Å². The number of nitrogens with zero attached hydrogens (tertiary/aromatic N) is 1. The Morgan fingerprint density at radius 3 is 2.36 bits per heavy atom. The van der Waals surface area contributed by atoms with Gasteiger partial charge in [0.05, 0.1) is 9.92 Å². The minimum Gasteiger partial charge on any atom is -0.323 e. The van der Waals surface area contributed by atoms with Gasteiger partial charge in [-0.3, -0.25) is 4.79 Å². The lowest BCUT2D eigenvalue weighted by atomic mass is 10.2. The molecule has 8 heteroatoms. The van der Waals surface area contributed by atoms with E-state index < -0.39 is 21.7 Å². The number of rotatable bonds is 5. The Balaban J connectivity index is 2.05. The number of anilines is 1. The van der Waals surface area contributed by atoms with Crippen molar-refractivity contribution in [3.8, 4) is 0 Å². The summed E-state index contributed by atoms with van der Waals surface area (Å²) in [4.78, 5) is 12.0. The summed E-state index contributed by atoms with van der Waals surface area (Å²) in [5.74, 6) is -0.945. The standard InChI is InChI=1S/C17H16ClFN2O3S/c1-21(2)25(23,24)14-7-5-13(6-8-14)20-17(22)10-4-12-3-9-16(19)15(18)11-12/h3-11H,1-2H3,(H,20,22)/b10-4+. The summed E-state index contributed by atoms with van der Waals surface area (Å²) in [5.41, 5.74) is 1.03. The third-order valence-electron chi connectivity index (χ3n) is 3.27. The fourth-order valence-corrected chi connectivity index (χ4v) is 2.98. The average Bonchev–Trinajstić information content (AvgIpc) is 2.56. The second-order valence-electron chi connectivity index (χ2n) is 5.31. The zero-order chi connectivity index (χ0) is 18.6. The Morgan fingerprint density at radius 2 is 1.80 bits per heavy atom. The van der Waals surface area contributed by atoms with Crippen molar-refractivity contribution in [2.45, 2.75) is 4.90 Å². The van der Waals surface area contributed by atoms with E-state index in [1.54, 1.807) is 0 Å². The van der Waals surface area contributed by atoms with Crippen molar-refractivity contribution in [1.82, 2.24) is 4.31 Å². The minimum atomic E-state index is -3.51. The molecule has 0 heterocycles. The zero-order valence-electron chi connectivity index (χ0n) is 13.5. The summed E-state index contributed by atoms with van der Waals surface area (Å²) in [6.07, 6.45) is 2.76. The van der Waals surface area contributed by atoms with Crippen LogP contribution >= 0.6 is 11.6 Å². The molecule has 0 bridgehead atoms. The van der Waals surface area contributed by atoms with E-state index in [0.29, 0.717) is 11.3 Å². The topological polar surface area (TPSA) is 66.5 Å². The lowest BCUT2D eigenvalue weighted by Crippen LogP contribution is -2.22. The van der Waals surface area contributed by atoms with Gasteiger partial charge in [-0.2, -0.15) is 0 Å². The lowest BCUT2D eigenvalue weighted by molar-refractivity contribution is -0.111. The molecule has 25 heavy (non-hydrogen) atoms. The molecule has 0 aliphatic rings. The molecule has 1 amide bonds. The molecule has 0 saturated heterocycles. The third kappa shape index (κ3) is 4.88. The summed E-state index contributed by atoms with van der Waals surface area (Å²) in [7, 11) is -0.629. The van der Waals surface area contributed by atoms with E-state index in [4.69, 9.17) is 11.6 Å². The van der Waals surface area contributed by atoms with Gasteiger partial charge in [0.2, 0.25) is 15.9 Å². The Labute approximate surface area is 150 Å². The number of amides is 1. The van der Waals surface area contributed by atoms with E-state index in [1.807, 2.05) is 0 Å². The van der Waals surface area contributed by atoms with Crippen molar-refractivity contribution < 1.29 is 17.6 Å². The summed E-state index contributed by atoms with van der Waals surface area (Å²) >= 11 is 5.67. The molecule has 0 spiro atoms. The number of sulfonamides is 1. The highest BCUT2D eigenvalue weighted by Crippen LogP contribution is 2.18. The van der Waals surface area contributed by atoms with E-state index >= 15 is 0 Å². The number of benzene rings is 2. The van der Waals surface area contributed by atoms with E-state index in [9.17, 15) is 17.6 Å². The van der Waals surface area contributed by atoms with Gasteiger partial charge >= 0.3 is 0 Å². The molecule has 1 N–H and O–H groups in total. The van der Waals surface area contributed by atoms with Crippen molar-refractivity contribution in [2.75, 3.05) is 19.4 Å². The molecule has 0 aliphatic carbocycles. The molecular formula is C17H16ClFN2O3S. The van der Waals surface area contributed by atoms with Gasteiger partial charge in [-0.15, -0.1) is 0 Å². The molecule has 0 aromatic heterocycles. The van der Waals surface area contributed by atoms with Gasteiger partial charge in [-0.1, -0.05) is 17.7 Å². The molecule has 0 unspecified atom stereocenters. The number of nitrogens with one attached hydrogen (secondary N) is 1. The lowest BCUT2D eigenvalue weighted by Gasteiger charge is -2.11. The second-order valence-corrected chi connectivity index (χ2v) is 7.87. The van der Waals surface area contributed by atoms with Gasteiger partial charge in [0, 0.05) is 25.9 Å². The van der Waals surface area contributed by atoms with Crippen molar-refractivity contribution in [1.29, 1.82) is 0 Å². The van der Waals surface area contributed by atoms with Gasteiger partial charge in [-0.25, -0.2) is 17.1 Å². The van der Waals surface area contributed by atoms with Gasteiger partial charge in [-0.05, 0) is 48.0 Å². The van der Waals surface area contributed by atoms with Crippen LogP contribution in [0.25, 0.3) is 6.08 Å². The van der Waals surface area contributed by atoms with E-state index in [0.717, 1.165) is 4.31 Å². The van der Waals surface area contributed by atoms with Crippen LogP contribution in [0.15, 0.2) is 53.4 Å². The Morgan fingerprint density at radius 1 is 1.16 bits per heavy atom. The smallest absolute Gasteiger partial charge is 0.248 e. The summed E-state index contributed by atoms with van der Waals surface area (Å²) < 4.78 is 38.1. The van der Waals surface area contributed by atoms with Crippen LogP contribution in [-0.2, 0) is 14.8 Å². The van der Waals surface area contributed by atoms with Gasteiger partial charge in [0.15, 0.2) is 0 Å². The highest BCUT2D eigenvalue weighted by molar-refractivity contribution is 7.89. The van der Waals surface area contributed by atoms with E-state index in [-0.39, 0.29) is 9.92 Å². The summed E-state index contributed by atoms with van der Waals surface area (Å²) in [6.45, 7) is 0. The van der Waals surface area contributed by atoms with Gasteiger partial charge in [0.25, 0.3) is 0 Å². The largest absolute Gasteiger partial charge is 0.323 e. The van der Waals surface area contributed by atoms with Crippen LogP contribution in [0.3, 0.4) is 0 Å². The number of hydrogen-bond acceptors (Lipinski definition) is 3. The fourth-order valence-electron chi connectivity index (χ4n) is 1.89. The van der Waals surface area contributed by atoms with Gasteiger partial charge < -0.3 is 5.32 Å². The highest BCUT2D eigenvalue weighted by Gasteiger charge is 2.16. The first kappa shape index (κ1) is 19.1. The van der Waals surface area contributed by atoms with Crippen LogP contribution < -0.4 is 5.32 Å². The third-order valence-corrected chi connectivity index (χ3v) is 5.39. The molecule has 5 nitrogen and oxygen atoms in total. The number of carbonyl (C=O) groups is 1. The first-order valence-corrected chi connectivity index (χ1v) is 8.98. The molecule has 0 radical (unpaired) electrons. The van der Waals surface area contributed by atoms with Crippen LogP contribution in [0.1, 0.15) is 5.56 Å². The van der Waals surface area contributed by atoms with Crippen LogP contribution in [0.5, 0.6) is 0 Å². The average molecular weight is 383 g/mol. The second kappa shape index (κ2) is 7.77. The van der Waals surface area contributed by atoms with Crippen molar-refractivity contribution in [2.24, 2.45) is 0 Å². The maximum atomic E-state index is 13.1. The predicted octanol–water partition coefficient (Wildman–Crippen LogP) is 3.38. The van der Waals surface area contributed by atoms with Crippen LogP contribution in [-0.4, -0.2) is 32.7 Å². The van der Waals surface area contributed by atoms with Crippen LogP contribution in [0.4, 0.5) is 10.1 Å². The SMILES string of the molecule is CN(C)S(=O)(=O)c1ccc(NC(=O)/C=C/c2ccc(F)c(Cl)c2)cc1.